The van der Waals surface area contributed by atoms with Gasteiger partial charge in [0.05, 0.1) is 5.52 Å². The van der Waals surface area contributed by atoms with Gasteiger partial charge in [-0.15, -0.1) is 12.4 Å². The number of aromatic nitrogens is 1. The highest BCUT2D eigenvalue weighted by Gasteiger charge is 2.22. The topological polar surface area (TPSA) is 57.2 Å². The third kappa shape index (κ3) is 1.57. The van der Waals surface area contributed by atoms with Gasteiger partial charge in [0, 0.05) is 11.6 Å². The van der Waals surface area contributed by atoms with Crippen molar-refractivity contribution in [3.8, 4) is 5.88 Å². The number of ether oxygens (including phenoxy) is 1. The van der Waals surface area contributed by atoms with Gasteiger partial charge in [-0.05, 0) is 12.1 Å². The Balaban J connectivity index is 0.00000108. The maximum Gasteiger partial charge on any atom is 0.254 e. The van der Waals surface area contributed by atoms with Gasteiger partial charge >= 0.3 is 0 Å². The van der Waals surface area contributed by atoms with E-state index in [0.717, 1.165) is 10.9 Å². The molecule has 2 aromatic rings. The van der Waals surface area contributed by atoms with Crippen LogP contribution in [0.1, 0.15) is 10.4 Å². The standard InChI is InChI=1S/C12H10N2O2.ClH/c13-11(15)10-8-4-1-2-5-9(8)14-6-3-7-16-12(10)14;/h1-6H,7H2,(H2,13,15);1H. The second-order valence-corrected chi connectivity index (χ2v) is 3.63. The average Bonchev–Trinajstić information content (AvgIpc) is 2.63. The Morgan fingerprint density at radius 2 is 2.12 bits per heavy atom. The van der Waals surface area contributed by atoms with E-state index in [0.29, 0.717) is 18.1 Å². The molecule has 1 aromatic carbocycles. The number of amides is 1. The van der Waals surface area contributed by atoms with Crippen LogP contribution in [-0.2, 0) is 0 Å². The summed E-state index contributed by atoms with van der Waals surface area (Å²) in [5, 5.41) is 0.830. The van der Waals surface area contributed by atoms with Crippen LogP contribution in [0.2, 0.25) is 0 Å². The largest absolute Gasteiger partial charge is 0.474 e. The fourth-order valence-electron chi connectivity index (χ4n) is 2.04. The molecule has 1 aliphatic rings. The summed E-state index contributed by atoms with van der Waals surface area (Å²) < 4.78 is 7.32. The zero-order valence-electron chi connectivity index (χ0n) is 8.92. The molecule has 88 valence electrons. The molecule has 0 unspecified atom stereocenters. The number of hydrogen-bond donors (Lipinski definition) is 1. The molecule has 2 N–H and O–H groups in total. The van der Waals surface area contributed by atoms with Crippen molar-refractivity contribution in [1.29, 1.82) is 0 Å². The van der Waals surface area contributed by atoms with Crippen LogP contribution in [0.3, 0.4) is 0 Å². The van der Waals surface area contributed by atoms with Crippen LogP contribution in [0.25, 0.3) is 17.1 Å². The van der Waals surface area contributed by atoms with Crippen LogP contribution >= 0.6 is 12.4 Å². The number of para-hydroxylation sites is 1. The third-order valence-electron chi connectivity index (χ3n) is 2.68. The monoisotopic (exact) mass is 250 g/mol. The summed E-state index contributed by atoms with van der Waals surface area (Å²) >= 11 is 0. The van der Waals surface area contributed by atoms with Crippen LogP contribution in [0.5, 0.6) is 5.88 Å². The second kappa shape index (κ2) is 4.14. The molecule has 0 spiro atoms. The van der Waals surface area contributed by atoms with Crippen LogP contribution < -0.4 is 10.5 Å². The van der Waals surface area contributed by atoms with Crippen LogP contribution in [0, 0.1) is 0 Å². The number of nitrogens with two attached hydrogens (primary N) is 1. The molecule has 4 nitrogen and oxygen atoms in total. The molecule has 2 heterocycles. The lowest BCUT2D eigenvalue weighted by molar-refractivity contribution is 0.0998. The van der Waals surface area contributed by atoms with E-state index < -0.39 is 5.91 Å². The molecule has 17 heavy (non-hydrogen) atoms. The van der Waals surface area contributed by atoms with E-state index in [9.17, 15) is 4.79 Å². The molecule has 1 aromatic heterocycles. The number of hydrogen-bond acceptors (Lipinski definition) is 2. The van der Waals surface area contributed by atoms with Gasteiger partial charge in [0.1, 0.15) is 12.2 Å². The third-order valence-corrected chi connectivity index (χ3v) is 2.68. The van der Waals surface area contributed by atoms with Gasteiger partial charge in [0.15, 0.2) is 0 Å². The van der Waals surface area contributed by atoms with Crippen molar-refractivity contribution in [2.24, 2.45) is 5.73 Å². The van der Waals surface area contributed by atoms with Crippen molar-refractivity contribution >= 4 is 35.4 Å². The van der Waals surface area contributed by atoms with Gasteiger partial charge < -0.3 is 10.5 Å². The lowest BCUT2D eigenvalue weighted by Gasteiger charge is -2.11. The Bertz CT molecular complexity index is 616. The predicted octanol–water partition coefficient (Wildman–Crippen LogP) is 2.03. The molecule has 1 aliphatic heterocycles. The SMILES string of the molecule is Cl.NC(=O)c1c2n(c3ccccc13)C=CCO2. The van der Waals surface area contributed by atoms with Gasteiger partial charge in [-0.25, -0.2) is 0 Å². The van der Waals surface area contributed by atoms with E-state index in [1.807, 2.05) is 41.1 Å². The average molecular weight is 251 g/mol. The summed E-state index contributed by atoms with van der Waals surface area (Å²) in [7, 11) is 0. The molecule has 0 saturated heterocycles. The normalized spacial score (nSPS) is 12.7. The van der Waals surface area contributed by atoms with E-state index in [4.69, 9.17) is 10.5 Å². The molecule has 0 atom stereocenters. The summed E-state index contributed by atoms with van der Waals surface area (Å²) in [6.07, 6.45) is 3.79. The molecule has 0 aliphatic carbocycles. The minimum absolute atomic E-state index is 0. The Hall–Kier alpha value is -1.94. The first kappa shape index (κ1) is 11.5. The van der Waals surface area contributed by atoms with Gasteiger partial charge in [-0.2, -0.15) is 0 Å². The number of fused-ring (bicyclic) bond motifs is 3. The molecule has 0 bridgehead atoms. The predicted molar refractivity (Wildman–Crippen MR) is 68.5 cm³/mol. The fourth-order valence-corrected chi connectivity index (χ4v) is 2.04. The Labute approximate surface area is 104 Å². The Morgan fingerprint density at radius 3 is 2.88 bits per heavy atom. The summed E-state index contributed by atoms with van der Waals surface area (Å²) in [6.45, 7) is 0.469. The highest BCUT2D eigenvalue weighted by Crippen LogP contribution is 2.33. The second-order valence-electron chi connectivity index (χ2n) is 3.63. The molecule has 0 fully saturated rings. The van der Waals surface area contributed by atoms with Crippen molar-refractivity contribution in [2.75, 3.05) is 6.61 Å². The van der Waals surface area contributed by atoms with E-state index in [2.05, 4.69) is 0 Å². The van der Waals surface area contributed by atoms with E-state index in [1.165, 1.54) is 0 Å². The maximum absolute atomic E-state index is 11.5. The summed E-state index contributed by atoms with van der Waals surface area (Å²) in [5.74, 6) is 0.0800. The van der Waals surface area contributed by atoms with Crippen LogP contribution in [0.15, 0.2) is 30.3 Å². The fraction of sp³-hybridized carbons (Fsp3) is 0.0833. The smallest absolute Gasteiger partial charge is 0.254 e. The molecular formula is C12H11ClN2O2. The zero-order chi connectivity index (χ0) is 11.1. The van der Waals surface area contributed by atoms with Crippen LogP contribution in [-0.4, -0.2) is 17.1 Å². The highest BCUT2D eigenvalue weighted by atomic mass is 35.5. The van der Waals surface area contributed by atoms with Gasteiger partial charge in [-0.3, -0.25) is 9.36 Å². The first-order chi connectivity index (χ1) is 7.79. The number of halogens is 1. The minimum Gasteiger partial charge on any atom is -0.474 e. The lowest BCUT2D eigenvalue weighted by atomic mass is 10.1. The quantitative estimate of drug-likeness (QED) is 0.842. The number of nitrogens with zero attached hydrogens (tertiary/aromatic N) is 1. The highest BCUT2D eigenvalue weighted by molar-refractivity contribution is 6.09. The van der Waals surface area contributed by atoms with Crippen LogP contribution in [0.4, 0.5) is 0 Å². The number of carbonyl (C=O) groups is 1. The van der Waals surface area contributed by atoms with Gasteiger partial charge in [-0.1, -0.05) is 18.2 Å². The van der Waals surface area contributed by atoms with E-state index in [1.54, 1.807) is 0 Å². The molecule has 1 amide bonds. The zero-order valence-corrected chi connectivity index (χ0v) is 9.74. The Morgan fingerprint density at radius 1 is 1.35 bits per heavy atom. The van der Waals surface area contributed by atoms with Crippen molar-refractivity contribution in [3.05, 3.63) is 35.9 Å². The van der Waals surface area contributed by atoms with Crippen molar-refractivity contribution in [2.45, 2.75) is 0 Å². The number of rotatable bonds is 1. The maximum atomic E-state index is 11.5. The number of carbonyl (C=O) groups excluding carboxylic acids is 1. The van der Waals surface area contributed by atoms with Crippen molar-refractivity contribution < 1.29 is 9.53 Å². The van der Waals surface area contributed by atoms with E-state index in [-0.39, 0.29) is 12.4 Å². The summed E-state index contributed by atoms with van der Waals surface area (Å²) in [6, 6.07) is 7.61. The number of primary amides is 1. The summed E-state index contributed by atoms with van der Waals surface area (Å²) in [4.78, 5) is 11.5. The van der Waals surface area contributed by atoms with E-state index >= 15 is 0 Å². The number of benzene rings is 1. The summed E-state index contributed by atoms with van der Waals surface area (Å²) in [5.41, 5.74) is 6.78. The van der Waals surface area contributed by atoms with Gasteiger partial charge in [0.25, 0.3) is 5.91 Å². The first-order valence-corrected chi connectivity index (χ1v) is 5.01. The molecule has 3 rings (SSSR count). The molecule has 0 radical (unpaired) electrons. The molecule has 0 saturated carbocycles. The van der Waals surface area contributed by atoms with Crippen molar-refractivity contribution in [1.82, 2.24) is 4.57 Å². The lowest BCUT2D eigenvalue weighted by Crippen LogP contribution is -2.14. The van der Waals surface area contributed by atoms with Gasteiger partial charge in [0.2, 0.25) is 5.88 Å². The Kier molecular flexibility index (Phi) is 2.81. The van der Waals surface area contributed by atoms with Crippen molar-refractivity contribution in [3.63, 3.8) is 0 Å². The molecule has 5 heteroatoms. The molecular weight excluding hydrogens is 240 g/mol. The first-order valence-electron chi connectivity index (χ1n) is 5.01. The minimum atomic E-state index is -0.458.